The lowest BCUT2D eigenvalue weighted by Crippen LogP contribution is -2.55. The number of sulfonamides is 1. The van der Waals surface area contributed by atoms with Crippen LogP contribution in [0.2, 0.25) is 0 Å². The predicted molar refractivity (Wildman–Crippen MR) is 124 cm³/mol. The number of carbonyl (C=O) groups excluding carboxylic acids is 1. The second kappa shape index (κ2) is 9.18. The molecule has 8 heteroatoms. The van der Waals surface area contributed by atoms with E-state index in [0.29, 0.717) is 31.9 Å². The van der Waals surface area contributed by atoms with Gasteiger partial charge in [0.15, 0.2) is 0 Å². The van der Waals surface area contributed by atoms with Gasteiger partial charge in [0, 0.05) is 26.2 Å². The topological polar surface area (TPSA) is 70.2 Å². The van der Waals surface area contributed by atoms with Crippen molar-refractivity contribution in [3.8, 4) is 5.75 Å². The van der Waals surface area contributed by atoms with E-state index >= 15 is 0 Å². The van der Waals surface area contributed by atoms with Crippen molar-refractivity contribution in [2.24, 2.45) is 0 Å². The summed E-state index contributed by atoms with van der Waals surface area (Å²) in [5.41, 5.74) is 3.43. The molecule has 0 saturated carbocycles. The highest BCUT2D eigenvalue weighted by molar-refractivity contribution is 7.92. The first kappa shape index (κ1) is 22.9. The van der Waals surface area contributed by atoms with E-state index in [-0.39, 0.29) is 5.91 Å². The predicted octanol–water partition coefficient (Wildman–Crippen LogP) is 2.82. The van der Waals surface area contributed by atoms with Crippen molar-refractivity contribution in [3.63, 3.8) is 0 Å². The first-order valence-electron chi connectivity index (χ1n) is 10.4. The molecule has 7 nitrogen and oxygen atoms in total. The molecule has 1 atom stereocenters. The molecule has 1 aliphatic heterocycles. The van der Waals surface area contributed by atoms with Crippen molar-refractivity contribution in [3.05, 3.63) is 53.6 Å². The van der Waals surface area contributed by atoms with Crippen LogP contribution in [0.1, 0.15) is 18.1 Å². The fraction of sp³-hybridized carbons (Fsp3) is 0.435. The van der Waals surface area contributed by atoms with E-state index in [1.807, 2.05) is 44.2 Å². The second-order valence-corrected chi connectivity index (χ2v) is 9.92. The van der Waals surface area contributed by atoms with E-state index < -0.39 is 16.1 Å². The Morgan fingerprint density at radius 3 is 2.16 bits per heavy atom. The third-order valence-corrected chi connectivity index (χ3v) is 6.79. The van der Waals surface area contributed by atoms with Crippen LogP contribution in [0.5, 0.6) is 5.75 Å². The number of anilines is 2. The number of para-hydroxylation sites is 2. The average molecular weight is 446 g/mol. The minimum Gasteiger partial charge on any atom is -0.495 e. The molecule has 1 amide bonds. The Bertz CT molecular complexity index is 1030. The number of ether oxygens (including phenoxy) is 1. The monoisotopic (exact) mass is 445 g/mol. The van der Waals surface area contributed by atoms with Crippen molar-refractivity contribution in [2.45, 2.75) is 26.8 Å². The van der Waals surface area contributed by atoms with Crippen molar-refractivity contribution < 1.29 is 17.9 Å². The fourth-order valence-electron chi connectivity index (χ4n) is 4.20. The quantitative estimate of drug-likeness (QED) is 0.684. The Kier molecular flexibility index (Phi) is 6.79. The number of nitrogens with zero attached hydrogens (tertiary/aromatic N) is 3. The normalized spacial score (nSPS) is 15.5. The largest absolute Gasteiger partial charge is 0.495 e. The molecule has 0 spiro atoms. The molecule has 168 valence electrons. The first-order valence-corrected chi connectivity index (χ1v) is 12.2. The van der Waals surface area contributed by atoms with Gasteiger partial charge in [0.2, 0.25) is 15.9 Å². The summed E-state index contributed by atoms with van der Waals surface area (Å²) in [6, 6.07) is 12.6. The van der Waals surface area contributed by atoms with Gasteiger partial charge in [-0.05, 0) is 56.2 Å². The number of carbonyl (C=O) groups is 1. The van der Waals surface area contributed by atoms with Gasteiger partial charge in [-0.25, -0.2) is 8.42 Å². The van der Waals surface area contributed by atoms with Gasteiger partial charge in [0.1, 0.15) is 11.8 Å². The van der Waals surface area contributed by atoms with Gasteiger partial charge in [-0.3, -0.25) is 9.10 Å². The molecule has 0 radical (unpaired) electrons. The zero-order chi connectivity index (χ0) is 22.8. The van der Waals surface area contributed by atoms with Crippen LogP contribution in [-0.4, -0.2) is 64.8 Å². The Morgan fingerprint density at radius 2 is 1.61 bits per heavy atom. The molecular weight excluding hydrogens is 414 g/mol. The van der Waals surface area contributed by atoms with Crippen LogP contribution in [0.15, 0.2) is 42.5 Å². The van der Waals surface area contributed by atoms with E-state index in [1.54, 1.807) is 31.1 Å². The molecule has 1 heterocycles. The molecule has 1 saturated heterocycles. The van der Waals surface area contributed by atoms with E-state index in [9.17, 15) is 13.2 Å². The summed E-state index contributed by atoms with van der Waals surface area (Å²) in [4.78, 5) is 17.2. The highest BCUT2D eigenvalue weighted by Crippen LogP contribution is 2.29. The van der Waals surface area contributed by atoms with Crippen molar-refractivity contribution >= 4 is 27.3 Å². The summed E-state index contributed by atoms with van der Waals surface area (Å²) < 4.78 is 31.9. The lowest BCUT2D eigenvalue weighted by Gasteiger charge is -2.39. The number of aryl methyl sites for hydroxylation is 2. The van der Waals surface area contributed by atoms with Crippen molar-refractivity contribution in [1.82, 2.24) is 4.90 Å². The number of amides is 1. The van der Waals surface area contributed by atoms with Crippen LogP contribution < -0.4 is 13.9 Å². The highest BCUT2D eigenvalue weighted by atomic mass is 32.2. The summed E-state index contributed by atoms with van der Waals surface area (Å²) >= 11 is 0. The molecule has 1 aliphatic rings. The maximum absolute atomic E-state index is 13.3. The Labute approximate surface area is 185 Å². The van der Waals surface area contributed by atoms with Gasteiger partial charge in [0.05, 0.1) is 24.7 Å². The van der Waals surface area contributed by atoms with E-state index in [2.05, 4.69) is 4.90 Å². The van der Waals surface area contributed by atoms with E-state index in [4.69, 9.17) is 4.74 Å². The SMILES string of the molecule is COc1ccccc1N1CCN(C(=O)C(C)N(c2cc(C)cc(C)c2)S(C)(=O)=O)CC1. The maximum atomic E-state index is 13.3. The number of hydrogen-bond donors (Lipinski definition) is 0. The number of hydrogen-bond acceptors (Lipinski definition) is 5. The molecule has 0 bridgehead atoms. The lowest BCUT2D eigenvalue weighted by atomic mass is 10.1. The average Bonchev–Trinajstić information content (AvgIpc) is 2.71. The maximum Gasteiger partial charge on any atom is 0.246 e. The lowest BCUT2D eigenvalue weighted by molar-refractivity contribution is -0.132. The number of rotatable bonds is 6. The molecule has 0 aliphatic carbocycles. The van der Waals surface area contributed by atoms with E-state index in [1.165, 1.54) is 4.31 Å². The summed E-state index contributed by atoms with van der Waals surface area (Å²) in [5, 5.41) is 0. The Morgan fingerprint density at radius 1 is 1.03 bits per heavy atom. The van der Waals surface area contributed by atoms with Crippen molar-refractivity contribution in [2.75, 3.05) is 48.7 Å². The van der Waals surface area contributed by atoms with Gasteiger partial charge < -0.3 is 14.5 Å². The van der Waals surface area contributed by atoms with Gasteiger partial charge in [0.25, 0.3) is 0 Å². The van der Waals surface area contributed by atoms with Gasteiger partial charge in [-0.15, -0.1) is 0 Å². The molecule has 0 N–H and O–H groups in total. The smallest absolute Gasteiger partial charge is 0.246 e. The summed E-state index contributed by atoms with van der Waals surface area (Å²) in [5.74, 6) is 0.609. The molecule has 1 unspecified atom stereocenters. The number of piperazine rings is 1. The van der Waals surface area contributed by atoms with E-state index in [0.717, 1.165) is 28.8 Å². The fourth-order valence-corrected chi connectivity index (χ4v) is 5.36. The number of methoxy groups -OCH3 is 1. The molecule has 0 aromatic heterocycles. The zero-order valence-electron chi connectivity index (χ0n) is 18.8. The van der Waals surface area contributed by atoms with Crippen LogP contribution in [0, 0.1) is 13.8 Å². The molecule has 31 heavy (non-hydrogen) atoms. The van der Waals surface area contributed by atoms with Gasteiger partial charge >= 0.3 is 0 Å². The third kappa shape index (κ3) is 5.12. The summed E-state index contributed by atoms with van der Waals surface area (Å²) in [7, 11) is -1.99. The zero-order valence-corrected chi connectivity index (χ0v) is 19.6. The summed E-state index contributed by atoms with van der Waals surface area (Å²) in [6.07, 6.45) is 1.15. The minimum absolute atomic E-state index is 0.190. The van der Waals surface area contributed by atoms with Crippen LogP contribution in [-0.2, 0) is 14.8 Å². The van der Waals surface area contributed by atoms with Crippen LogP contribution in [0.3, 0.4) is 0 Å². The molecule has 2 aromatic carbocycles. The van der Waals surface area contributed by atoms with Crippen LogP contribution >= 0.6 is 0 Å². The standard InChI is InChI=1S/C23H31N3O4S/c1-17-14-18(2)16-20(15-17)26(31(5,28)29)19(3)23(27)25-12-10-24(11-13-25)21-8-6-7-9-22(21)30-4/h6-9,14-16,19H,10-13H2,1-5H3. The molecule has 2 aromatic rings. The highest BCUT2D eigenvalue weighted by Gasteiger charge is 2.33. The van der Waals surface area contributed by atoms with Crippen LogP contribution in [0.25, 0.3) is 0 Å². The van der Waals surface area contributed by atoms with Gasteiger partial charge in [-0.1, -0.05) is 18.2 Å². The summed E-state index contributed by atoms with van der Waals surface area (Å²) in [6.45, 7) is 7.84. The van der Waals surface area contributed by atoms with Gasteiger partial charge in [-0.2, -0.15) is 0 Å². The Hall–Kier alpha value is -2.74. The van der Waals surface area contributed by atoms with Crippen LogP contribution in [0.4, 0.5) is 11.4 Å². The van der Waals surface area contributed by atoms with Crippen molar-refractivity contribution in [1.29, 1.82) is 0 Å². The first-order chi connectivity index (χ1) is 14.6. The number of benzene rings is 2. The third-order valence-electron chi connectivity index (χ3n) is 5.54. The molecular formula is C23H31N3O4S. The molecule has 1 fully saturated rings. The molecule has 3 rings (SSSR count). The Balaban J connectivity index is 1.77. The second-order valence-electron chi connectivity index (χ2n) is 8.06. The minimum atomic E-state index is -3.64.